The van der Waals surface area contributed by atoms with Crippen LogP contribution in [0.2, 0.25) is 0 Å². The highest BCUT2D eigenvalue weighted by Gasteiger charge is 2.01. The maximum Gasteiger partial charge on any atom is 0.125 e. The molecule has 0 radical (unpaired) electrons. The third kappa shape index (κ3) is 3.42. The molecule has 5 heteroatoms. The first-order valence-electron chi connectivity index (χ1n) is 5.97. The minimum atomic E-state index is 0.313. The van der Waals surface area contributed by atoms with Crippen LogP contribution in [0.4, 0.5) is 11.4 Å². The topological polar surface area (TPSA) is 87.6 Å². The Morgan fingerprint density at radius 1 is 1.37 bits per heavy atom. The summed E-state index contributed by atoms with van der Waals surface area (Å²) in [5, 5.41) is 12.0. The molecule has 0 bridgehead atoms. The van der Waals surface area contributed by atoms with E-state index in [9.17, 15) is 0 Å². The Bertz CT molecular complexity index is 615. The number of anilines is 2. The van der Waals surface area contributed by atoms with Crippen LogP contribution in [0, 0.1) is 18.3 Å². The second-order valence-electron chi connectivity index (χ2n) is 4.20. The molecule has 5 nitrogen and oxygen atoms in total. The Kier molecular flexibility index (Phi) is 3.94. The molecule has 0 saturated heterocycles. The number of nitrogens with zero attached hydrogens (tertiary/aromatic N) is 3. The third-order valence-electron chi connectivity index (χ3n) is 2.72. The van der Waals surface area contributed by atoms with Gasteiger partial charge in [0.15, 0.2) is 0 Å². The van der Waals surface area contributed by atoms with Gasteiger partial charge in [0.1, 0.15) is 5.82 Å². The zero-order chi connectivity index (χ0) is 13.7. The van der Waals surface area contributed by atoms with E-state index >= 15 is 0 Å². The largest absolute Gasteiger partial charge is 0.398 e. The molecule has 0 saturated carbocycles. The Hall–Kier alpha value is -2.61. The van der Waals surface area contributed by atoms with Crippen molar-refractivity contribution < 1.29 is 0 Å². The third-order valence-corrected chi connectivity index (χ3v) is 2.72. The second kappa shape index (κ2) is 5.83. The van der Waals surface area contributed by atoms with Gasteiger partial charge in [0, 0.05) is 17.6 Å². The summed E-state index contributed by atoms with van der Waals surface area (Å²) in [7, 11) is 0. The lowest BCUT2D eigenvalue weighted by Crippen LogP contribution is -2.04. The fourth-order valence-corrected chi connectivity index (χ4v) is 1.75. The molecule has 0 unspecified atom stereocenters. The molecule has 3 N–H and O–H groups in total. The minimum absolute atomic E-state index is 0.313. The molecule has 0 aliphatic rings. The van der Waals surface area contributed by atoms with Crippen molar-refractivity contribution in [2.24, 2.45) is 0 Å². The maximum absolute atomic E-state index is 8.73. The highest BCUT2D eigenvalue weighted by atomic mass is 14.9. The van der Waals surface area contributed by atoms with Gasteiger partial charge in [-0.25, -0.2) is 9.97 Å². The molecule has 0 spiro atoms. The highest BCUT2D eigenvalue weighted by Crippen LogP contribution is 2.18. The first kappa shape index (κ1) is 12.8. The van der Waals surface area contributed by atoms with Gasteiger partial charge in [-0.3, -0.25) is 0 Å². The van der Waals surface area contributed by atoms with Crippen molar-refractivity contribution in [3.05, 3.63) is 47.5 Å². The van der Waals surface area contributed by atoms with Crippen LogP contribution in [0.3, 0.4) is 0 Å². The van der Waals surface area contributed by atoms with Gasteiger partial charge in [-0.05, 0) is 36.8 Å². The number of aryl methyl sites for hydroxylation is 1. The van der Waals surface area contributed by atoms with E-state index in [1.807, 2.05) is 25.1 Å². The summed E-state index contributed by atoms with van der Waals surface area (Å²) in [4.78, 5) is 8.37. The van der Waals surface area contributed by atoms with Crippen molar-refractivity contribution in [2.45, 2.75) is 19.9 Å². The van der Waals surface area contributed by atoms with Gasteiger partial charge >= 0.3 is 0 Å². The average Bonchev–Trinajstić information content (AvgIpc) is 2.40. The molecule has 19 heavy (non-hydrogen) atoms. The Morgan fingerprint density at radius 2 is 2.21 bits per heavy atom. The summed E-state index contributed by atoms with van der Waals surface area (Å²) in [6.45, 7) is 2.47. The van der Waals surface area contributed by atoms with Gasteiger partial charge in [-0.1, -0.05) is 0 Å². The van der Waals surface area contributed by atoms with E-state index in [1.54, 1.807) is 12.3 Å². The molecule has 0 atom stereocenters. The van der Waals surface area contributed by atoms with Crippen molar-refractivity contribution in [1.82, 2.24) is 9.97 Å². The molecular formula is C14H15N5. The lowest BCUT2D eigenvalue weighted by Gasteiger charge is -2.09. The summed E-state index contributed by atoms with van der Waals surface area (Å²) >= 11 is 0. The van der Waals surface area contributed by atoms with E-state index in [4.69, 9.17) is 11.0 Å². The number of nitriles is 1. The van der Waals surface area contributed by atoms with Gasteiger partial charge in [0.2, 0.25) is 0 Å². The predicted molar refractivity (Wildman–Crippen MR) is 74.3 cm³/mol. The van der Waals surface area contributed by atoms with Crippen LogP contribution in [-0.2, 0) is 13.0 Å². The lowest BCUT2D eigenvalue weighted by atomic mass is 10.1. The number of hydrogen-bond donors (Lipinski definition) is 2. The molecule has 96 valence electrons. The Labute approximate surface area is 112 Å². The molecule has 2 aromatic rings. The molecule has 1 aromatic carbocycles. The summed E-state index contributed by atoms with van der Waals surface area (Å²) in [5.74, 6) is 0.752. The van der Waals surface area contributed by atoms with E-state index in [2.05, 4.69) is 21.4 Å². The van der Waals surface area contributed by atoms with Crippen molar-refractivity contribution in [3.63, 3.8) is 0 Å². The predicted octanol–water partition coefficient (Wildman–Crippen LogP) is 2.05. The number of nitrogens with two attached hydrogens (primary N) is 1. The first-order valence-corrected chi connectivity index (χ1v) is 5.97. The number of nitrogens with one attached hydrogen (secondary N) is 1. The van der Waals surface area contributed by atoms with Gasteiger partial charge in [0.25, 0.3) is 0 Å². The zero-order valence-corrected chi connectivity index (χ0v) is 10.7. The average molecular weight is 253 g/mol. The van der Waals surface area contributed by atoms with E-state index in [0.29, 0.717) is 18.7 Å². The van der Waals surface area contributed by atoms with Crippen LogP contribution in [-0.4, -0.2) is 9.97 Å². The van der Waals surface area contributed by atoms with Gasteiger partial charge in [-0.15, -0.1) is 0 Å². The fraction of sp³-hybridized carbons (Fsp3) is 0.214. The monoisotopic (exact) mass is 253 g/mol. The number of rotatable bonds is 4. The lowest BCUT2D eigenvalue weighted by molar-refractivity contribution is 0.955. The van der Waals surface area contributed by atoms with Crippen molar-refractivity contribution in [1.29, 1.82) is 5.26 Å². The molecule has 0 aliphatic heterocycles. The molecule has 2 rings (SSSR count). The van der Waals surface area contributed by atoms with Gasteiger partial charge < -0.3 is 11.1 Å². The Balaban J connectivity index is 2.08. The van der Waals surface area contributed by atoms with Gasteiger partial charge in [0.05, 0.1) is 24.7 Å². The van der Waals surface area contributed by atoms with Crippen molar-refractivity contribution >= 4 is 11.4 Å². The van der Waals surface area contributed by atoms with E-state index < -0.39 is 0 Å². The maximum atomic E-state index is 8.73. The van der Waals surface area contributed by atoms with Crippen LogP contribution in [0.5, 0.6) is 0 Å². The number of hydrogen-bond acceptors (Lipinski definition) is 5. The molecule has 0 fully saturated rings. The zero-order valence-electron chi connectivity index (χ0n) is 10.7. The second-order valence-corrected chi connectivity index (χ2v) is 4.20. The summed E-state index contributed by atoms with van der Waals surface area (Å²) < 4.78 is 0. The molecule has 1 aromatic heterocycles. The molecule has 0 aliphatic carbocycles. The van der Waals surface area contributed by atoms with Crippen molar-refractivity contribution in [3.8, 4) is 6.07 Å². The van der Waals surface area contributed by atoms with Crippen LogP contribution in [0.25, 0.3) is 0 Å². The smallest absolute Gasteiger partial charge is 0.125 e. The number of nitrogen functional groups attached to an aromatic ring is 1. The van der Waals surface area contributed by atoms with E-state index in [-0.39, 0.29) is 0 Å². The minimum Gasteiger partial charge on any atom is -0.398 e. The number of benzene rings is 1. The number of aromatic nitrogens is 2. The summed E-state index contributed by atoms with van der Waals surface area (Å²) in [5.41, 5.74) is 9.13. The van der Waals surface area contributed by atoms with E-state index in [1.165, 1.54) is 0 Å². The first-order chi connectivity index (χ1) is 9.19. The summed E-state index contributed by atoms with van der Waals surface area (Å²) in [6.07, 6.45) is 2.05. The highest BCUT2D eigenvalue weighted by molar-refractivity contribution is 5.58. The van der Waals surface area contributed by atoms with Gasteiger partial charge in [-0.2, -0.15) is 5.26 Å². The van der Waals surface area contributed by atoms with Crippen LogP contribution in [0.15, 0.2) is 30.5 Å². The quantitative estimate of drug-likeness (QED) is 0.814. The van der Waals surface area contributed by atoms with Crippen LogP contribution in [0.1, 0.15) is 17.1 Å². The van der Waals surface area contributed by atoms with Crippen LogP contribution >= 0.6 is 0 Å². The summed E-state index contributed by atoms with van der Waals surface area (Å²) in [6, 6.07) is 9.57. The molecule has 1 heterocycles. The molecule has 0 amide bonds. The normalized spacial score (nSPS) is 9.89. The Morgan fingerprint density at radius 3 is 2.95 bits per heavy atom. The molecular weight excluding hydrogens is 238 g/mol. The van der Waals surface area contributed by atoms with Crippen molar-refractivity contribution in [2.75, 3.05) is 11.1 Å². The van der Waals surface area contributed by atoms with Crippen LogP contribution < -0.4 is 11.1 Å². The standard InChI is InChI=1S/C14H15N5/c1-10-17-7-5-13(19-10)9-18-12-2-3-14(16)11(8-12)4-6-15/h2-3,5,7-8,18H,4,9,16H2,1H3. The van der Waals surface area contributed by atoms with E-state index in [0.717, 1.165) is 22.8 Å². The SMILES string of the molecule is Cc1nccc(CNc2ccc(N)c(CC#N)c2)n1. The fourth-order valence-electron chi connectivity index (χ4n) is 1.75.